The molecule has 1 saturated carbocycles. The molecule has 0 atom stereocenters. The van der Waals surface area contributed by atoms with Gasteiger partial charge in [0.25, 0.3) is 5.22 Å². The maximum Gasteiger partial charge on any atom is 0.276 e. The van der Waals surface area contributed by atoms with Crippen molar-refractivity contribution < 1.29 is 4.42 Å². The summed E-state index contributed by atoms with van der Waals surface area (Å²) in [5.41, 5.74) is 2.87. The Hall–Kier alpha value is -1.79. The molecule has 0 bridgehead atoms. The van der Waals surface area contributed by atoms with Crippen LogP contribution >= 0.6 is 23.4 Å². The Morgan fingerprint density at radius 2 is 1.92 bits per heavy atom. The van der Waals surface area contributed by atoms with Crippen LogP contribution in [0.15, 0.2) is 40.0 Å². The van der Waals surface area contributed by atoms with E-state index < -0.39 is 0 Å². The lowest BCUT2D eigenvalue weighted by Gasteiger charge is -2.17. The predicted molar refractivity (Wildman–Crippen MR) is 103 cm³/mol. The van der Waals surface area contributed by atoms with Gasteiger partial charge in [0.15, 0.2) is 0 Å². The van der Waals surface area contributed by atoms with E-state index in [2.05, 4.69) is 15.3 Å². The molecule has 0 amide bonds. The summed E-state index contributed by atoms with van der Waals surface area (Å²) in [6.45, 7) is 1.97. The number of benzene rings is 1. The van der Waals surface area contributed by atoms with E-state index in [9.17, 15) is 0 Å². The highest BCUT2D eigenvalue weighted by Gasteiger charge is 2.22. The number of aryl methyl sites for hydroxylation is 1. The van der Waals surface area contributed by atoms with E-state index in [1.807, 2.05) is 37.3 Å². The number of nitrogens with zero attached hydrogens (tertiary/aromatic N) is 4. The molecule has 0 radical (unpaired) electrons. The molecule has 0 N–H and O–H groups in total. The van der Waals surface area contributed by atoms with Gasteiger partial charge in [0.1, 0.15) is 5.15 Å². The van der Waals surface area contributed by atoms with Gasteiger partial charge in [-0.3, -0.25) is 0 Å². The first-order valence-electron chi connectivity index (χ1n) is 8.98. The van der Waals surface area contributed by atoms with Crippen molar-refractivity contribution in [3.63, 3.8) is 0 Å². The topological polar surface area (TPSA) is 56.7 Å². The minimum absolute atomic E-state index is 0.428. The quantitative estimate of drug-likeness (QED) is 0.536. The molecule has 0 saturated heterocycles. The summed E-state index contributed by atoms with van der Waals surface area (Å²) in [7, 11) is 0. The Morgan fingerprint density at radius 3 is 2.69 bits per heavy atom. The molecule has 2 aromatic heterocycles. The molecule has 4 rings (SSSR count). The Morgan fingerprint density at radius 1 is 1.15 bits per heavy atom. The summed E-state index contributed by atoms with van der Waals surface area (Å²) in [6.07, 6.45) is 6.13. The Balaban J connectivity index is 1.47. The summed E-state index contributed by atoms with van der Waals surface area (Å²) < 4.78 is 7.66. The summed E-state index contributed by atoms with van der Waals surface area (Å²) in [5, 5.41) is 14.3. The van der Waals surface area contributed by atoms with Crippen molar-refractivity contribution in [3.8, 4) is 5.69 Å². The third-order valence-electron chi connectivity index (χ3n) is 4.84. The summed E-state index contributed by atoms with van der Waals surface area (Å²) in [5.74, 6) is 1.87. The zero-order valence-corrected chi connectivity index (χ0v) is 16.3. The highest BCUT2D eigenvalue weighted by molar-refractivity contribution is 7.98. The number of hydrogen-bond acceptors (Lipinski definition) is 5. The average Bonchev–Trinajstić information content (AvgIpc) is 3.26. The van der Waals surface area contributed by atoms with E-state index in [-0.39, 0.29) is 0 Å². The fourth-order valence-corrected chi connectivity index (χ4v) is 4.64. The van der Waals surface area contributed by atoms with Gasteiger partial charge >= 0.3 is 0 Å². The molecule has 5 nitrogen and oxygen atoms in total. The van der Waals surface area contributed by atoms with Gasteiger partial charge in [0, 0.05) is 17.2 Å². The van der Waals surface area contributed by atoms with Gasteiger partial charge in [-0.25, -0.2) is 4.68 Å². The first kappa shape index (κ1) is 17.6. The first-order valence-corrected chi connectivity index (χ1v) is 10.3. The summed E-state index contributed by atoms with van der Waals surface area (Å²) >= 11 is 8.09. The Kier molecular flexibility index (Phi) is 5.31. The van der Waals surface area contributed by atoms with E-state index >= 15 is 0 Å². The normalized spacial score (nSPS) is 15.5. The molecule has 1 aliphatic rings. The number of hydrogen-bond donors (Lipinski definition) is 0. The monoisotopic (exact) mass is 388 g/mol. The van der Waals surface area contributed by atoms with Gasteiger partial charge in [-0.1, -0.05) is 60.8 Å². The SMILES string of the molecule is Cc1nn(-c2ccccc2)c(Cl)c1CSc1nnc(C2CCCCC2)o1. The molecule has 0 aliphatic heterocycles. The third-order valence-corrected chi connectivity index (χ3v) is 6.07. The van der Waals surface area contributed by atoms with Crippen molar-refractivity contribution in [1.82, 2.24) is 20.0 Å². The van der Waals surface area contributed by atoms with Gasteiger partial charge < -0.3 is 4.42 Å². The van der Waals surface area contributed by atoms with Crippen LogP contribution in [0.4, 0.5) is 0 Å². The standard InChI is InChI=1S/C19H21ClN4OS/c1-13-16(17(20)24(23-13)15-10-6-3-7-11-15)12-26-19-22-21-18(25-19)14-8-4-2-5-9-14/h3,6-7,10-11,14H,2,4-5,8-9,12H2,1H3. The van der Waals surface area contributed by atoms with E-state index in [4.69, 9.17) is 16.0 Å². The maximum atomic E-state index is 6.58. The molecule has 0 unspecified atom stereocenters. The van der Waals surface area contributed by atoms with Crippen LogP contribution < -0.4 is 0 Å². The molecule has 1 aromatic carbocycles. The lowest BCUT2D eigenvalue weighted by molar-refractivity contribution is 0.334. The fraction of sp³-hybridized carbons (Fsp3) is 0.421. The smallest absolute Gasteiger partial charge is 0.276 e. The van der Waals surface area contributed by atoms with Crippen molar-refractivity contribution in [1.29, 1.82) is 0 Å². The number of para-hydroxylation sites is 1. The molecular formula is C19H21ClN4OS. The second kappa shape index (κ2) is 7.84. The van der Waals surface area contributed by atoms with Crippen LogP contribution in [0.5, 0.6) is 0 Å². The molecule has 0 spiro atoms. The zero-order chi connectivity index (χ0) is 17.9. The molecule has 3 aromatic rings. The van der Waals surface area contributed by atoms with Crippen LogP contribution in [-0.4, -0.2) is 20.0 Å². The highest BCUT2D eigenvalue weighted by atomic mass is 35.5. The predicted octanol–water partition coefficient (Wildman–Crippen LogP) is 5.56. The largest absolute Gasteiger partial charge is 0.416 e. The van der Waals surface area contributed by atoms with Crippen molar-refractivity contribution in [2.75, 3.05) is 0 Å². The molecule has 26 heavy (non-hydrogen) atoms. The van der Waals surface area contributed by atoms with Gasteiger partial charge in [0.05, 0.1) is 11.4 Å². The van der Waals surface area contributed by atoms with Crippen LogP contribution in [0.3, 0.4) is 0 Å². The molecule has 2 heterocycles. The average molecular weight is 389 g/mol. The molecule has 7 heteroatoms. The Labute approximate surface area is 162 Å². The number of halogens is 1. The van der Waals surface area contributed by atoms with Crippen LogP contribution in [0, 0.1) is 6.92 Å². The Bertz CT molecular complexity index is 871. The second-order valence-electron chi connectivity index (χ2n) is 6.63. The van der Waals surface area contributed by atoms with E-state index in [0.29, 0.717) is 22.0 Å². The van der Waals surface area contributed by atoms with Crippen LogP contribution in [-0.2, 0) is 5.75 Å². The molecule has 136 valence electrons. The minimum Gasteiger partial charge on any atom is -0.416 e. The summed E-state index contributed by atoms with van der Waals surface area (Å²) in [4.78, 5) is 0. The van der Waals surface area contributed by atoms with E-state index in [1.54, 1.807) is 4.68 Å². The van der Waals surface area contributed by atoms with E-state index in [1.165, 1.54) is 31.0 Å². The van der Waals surface area contributed by atoms with E-state index in [0.717, 1.165) is 35.7 Å². The fourth-order valence-electron chi connectivity index (χ4n) is 3.36. The first-order chi connectivity index (χ1) is 12.7. The molecule has 1 aliphatic carbocycles. The van der Waals surface area contributed by atoms with Gasteiger partial charge in [0.2, 0.25) is 5.89 Å². The minimum atomic E-state index is 0.428. The molecular weight excluding hydrogens is 368 g/mol. The number of thioether (sulfide) groups is 1. The second-order valence-corrected chi connectivity index (χ2v) is 7.92. The third kappa shape index (κ3) is 3.67. The van der Waals surface area contributed by atoms with Crippen molar-refractivity contribution >= 4 is 23.4 Å². The van der Waals surface area contributed by atoms with Crippen LogP contribution in [0.25, 0.3) is 5.69 Å². The maximum absolute atomic E-state index is 6.58. The zero-order valence-electron chi connectivity index (χ0n) is 14.7. The van der Waals surface area contributed by atoms with Crippen LogP contribution in [0.1, 0.15) is 55.2 Å². The van der Waals surface area contributed by atoms with Gasteiger partial charge in [-0.05, 0) is 31.9 Å². The lowest BCUT2D eigenvalue weighted by atomic mass is 9.89. The summed E-state index contributed by atoms with van der Waals surface area (Å²) in [6, 6.07) is 9.90. The van der Waals surface area contributed by atoms with Gasteiger partial charge in [-0.15, -0.1) is 10.2 Å². The van der Waals surface area contributed by atoms with Crippen LogP contribution in [0.2, 0.25) is 5.15 Å². The number of rotatable bonds is 5. The van der Waals surface area contributed by atoms with Crippen molar-refractivity contribution in [2.24, 2.45) is 0 Å². The lowest BCUT2D eigenvalue weighted by Crippen LogP contribution is -2.04. The van der Waals surface area contributed by atoms with Crippen molar-refractivity contribution in [3.05, 3.63) is 52.6 Å². The van der Waals surface area contributed by atoms with Crippen molar-refractivity contribution in [2.45, 2.75) is 55.9 Å². The number of aromatic nitrogens is 4. The highest BCUT2D eigenvalue weighted by Crippen LogP contribution is 2.34. The van der Waals surface area contributed by atoms with Gasteiger partial charge in [-0.2, -0.15) is 5.10 Å². The molecule has 1 fully saturated rings.